The summed E-state index contributed by atoms with van der Waals surface area (Å²) in [6.45, 7) is 0.444. The molecule has 1 unspecified atom stereocenters. The van der Waals surface area contributed by atoms with Gasteiger partial charge < -0.3 is 5.32 Å². The molecule has 0 fully saturated rings. The fraction of sp³-hybridized carbons (Fsp3) is 0.188. The van der Waals surface area contributed by atoms with Gasteiger partial charge in [0.2, 0.25) is 0 Å². The molecule has 2 aromatic rings. The summed E-state index contributed by atoms with van der Waals surface area (Å²) < 4.78 is 11.2. The van der Waals surface area contributed by atoms with Crippen molar-refractivity contribution in [2.75, 3.05) is 6.26 Å². The van der Waals surface area contributed by atoms with Crippen LogP contribution in [0.15, 0.2) is 48.5 Å². The van der Waals surface area contributed by atoms with E-state index in [1.807, 2.05) is 18.2 Å². The lowest BCUT2D eigenvalue weighted by Gasteiger charge is -2.07. The van der Waals surface area contributed by atoms with Crippen molar-refractivity contribution in [1.82, 2.24) is 5.32 Å². The summed E-state index contributed by atoms with van der Waals surface area (Å²) >= 11 is 5.82. The van der Waals surface area contributed by atoms with Crippen LogP contribution in [-0.2, 0) is 23.1 Å². The van der Waals surface area contributed by atoms with E-state index in [1.54, 1.807) is 36.6 Å². The number of carbonyl (C=O) groups excluding carboxylic acids is 1. The first-order valence-electron chi connectivity index (χ1n) is 6.46. The minimum atomic E-state index is -0.918. The first kappa shape index (κ1) is 15.7. The van der Waals surface area contributed by atoms with Gasteiger partial charge in [0.1, 0.15) is 0 Å². The Labute approximate surface area is 131 Å². The van der Waals surface area contributed by atoms with Crippen molar-refractivity contribution < 1.29 is 9.00 Å². The number of hydrogen-bond donors (Lipinski definition) is 1. The Kier molecular flexibility index (Phi) is 5.53. The van der Waals surface area contributed by atoms with Gasteiger partial charge in [0, 0.05) is 39.9 Å². The van der Waals surface area contributed by atoms with Gasteiger partial charge >= 0.3 is 0 Å². The van der Waals surface area contributed by atoms with Crippen molar-refractivity contribution in [2.24, 2.45) is 0 Å². The Bertz CT molecular complexity index is 656. The minimum absolute atomic E-state index is 0.145. The highest BCUT2D eigenvalue weighted by Crippen LogP contribution is 2.10. The van der Waals surface area contributed by atoms with Crippen LogP contribution in [0.3, 0.4) is 0 Å². The van der Waals surface area contributed by atoms with E-state index in [4.69, 9.17) is 11.6 Å². The van der Waals surface area contributed by atoms with Crippen LogP contribution in [0.5, 0.6) is 0 Å². The molecule has 0 spiro atoms. The second-order valence-electron chi connectivity index (χ2n) is 4.73. The molecule has 5 heteroatoms. The van der Waals surface area contributed by atoms with E-state index in [2.05, 4.69) is 5.32 Å². The van der Waals surface area contributed by atoms with E-state index >= 15 is 0 Å². The minimum Gasteiger partial charge on any atom is -0.348 e. The van der Waals surface area contributed by atoms with Crippen molar-refractivity contribution in [3.05, 3.63) is 70.2 Å². The van der Waals surface area contributed by atoms with Crippen LogP contribution < -0.4 is 5.32 Å². The molecule has 1 amide bonds. The molecule has 0 saturated heterocycles. The largest absolute Gasteiger partial charge is 0.348 e. The second kappa shape index (κ2) is 7.38. The summed E-state index contributed by atoms with van der Waals surface area (Å²) in [5.74, 6) is 0.312. The number of hydrogen-bond acceptors (Lipinski definition) is 2. The van der Waals surface area contributed by atoms with Gasteiger partial charge in [-0.25, -0.2) is 0 Å². The van der Waals surface area contributed by atoms with Crippen LogP contribution in [0.4, 0.5) is 0 Å². The van der Waals surface area contributed by atoms with Gasteiger partial charge in [0.05, 0.1) is 0 Å². The van der Waals surface area contributed by atoms with Gasteiger partial charge in [0.25, 0.3) is 5.91 Å². The number of nitrogens with one attached hydrogen (secondary N) is 1. The first-order chi connectivity index (χ1) is 10.0. The van der Waals surface area contributed by atoms with E-state index in [0.29, 0.717) is 22.9 Å². The Morgan fingerprint density at radius 1 is 1.14 bits per heavy atom. The highest BCUT2D eigenvalue weighted by Gasteiger charge is 2.06. The van der Waals surface area contributed by atoms with Gasteiger partial charge in [-0.3, -0.25) is 9.00 Å². The Morgan fingerprint density at radius 3 is 2.52 bits per heavy atom. The molecular weight excluding hydrogens is 306 g/mol. The third kappa shape index (κ3) is 4.99. The number of benzene rings is 2. The fourth-order valence-corrected chi connectivity index (χ4v) is 2.70. The molecule has 0 aromatic heterocycles. The lowest BCUT2D eigenvalue weighted by Crippen LogP contribution is -2.22. The normalized spacial score (nSPS) is 11.9. The molecule has 2 aromatic carbocycles. The van der Waals surface area contributed by atoms with E-state index in [9.17, 15) is 9.00 Å². The summed E-state index contributed by atoms with van der Waals surface area (Å²) in [6, 6.07) is 14.5. The third-order valence-electron chi connectivity index (χ3n) is 2.93. The predicted octanol–water partition coefficient (Wildman–Crippen LogP) is 3.15. The molecule has 0 radical (unpaired) electrons. The van der Waals surface area contributed by atoms with Crippen LogP contribution in [0.25, 0.3) is 0 Å². The lowest BCUT2D eigenvalue weighted by atomic mass is 10.1. The monoisotopic (exact) mass is 321 g/mol. The molecule has 0 aliphatic heterocycles. The molecule has 1 N–H and O–H groups in total. The maximum Gasteiger partial charge on any atom is 0.251 e. The van der Waals surface area contributed by atoms with Crippen molar-refractivity contribution in [2.45, 2.75) is 12.3 Å². The van der Waals surface area contributed by atoms with Gasteiger partial charge in [-0.05, 0) is 35.4 Å². The van der Waals surface area contributed by atoms with Gasteiger partial charge in [-0.2, -0.15) is 0 Å². The standard InChI is InChI=1S/C16H16ClNO2S/c1-21(20)11-13-3-2-4-14(9-13)16(19)18-10-12-5-7-15(17)8-6-12/h2-9H,10-11H2,1H3,(H,18,19). The van der Waals surface area contributed by atoms with Gasteiger partial charge in [-0.1, -0.05) is 35.9 Å². The highest BCUT2D eigenvalue weighted by molar-refractivity contribution is 7.83. The molecule has 110 valence electrons. The number of carbonyl (C=O) groups is 1. The molecule has 21 heavy (non-hydrogen) atoms. The quantitative estimate of drug-likeness (QED) is 0.919. The average Bonchev–Trinajstić information content (AvgIpc) is 2.46. The first-order valence-corrected chi connectivity index (χ1v) is 8.57. The third-order valence-corrected chi connectivity index (χ3v) is 3.92. The molecule has 2 rings (SSSR count). The molecule has 3 nitrogen and oxygen atoms in total. The maximum absolute atomic E-state index is 12.1. The van der Waals surface area contributed by atoms with E-state index < -0.39 is 10.8 Å². The lowest BCUT2D eigenvalue weighted by molar-refractivity contribution is 0.0951. The Hall–Kier alpha value is -1.65. The molecule has 1 atom stereocenters. The van der Waals surface area contributed by atoms with Crippen LogP contribution in [-0.4, -0.2) is 16.4 Å². The van der Waals surface area contributed by atoms with E-state index in [1.165, 1.54) is 0 Å². The summed E-state index contributed by atoms with van der Waals surface area (Å²) in [7, 11) is -0.918. The van der Waals surface area contributed by atoms with Crippen LogP contribution in [0.1, 0.15) is 21.5 Å². The zero-order valence-electron chi connectivity index (χ0n) is 11.6. The number of amides is 1. The van der Waals surface area contributed by atoms with Crippen molar-refractivity contribution >= 4 is 28.3 Å². The van der Waals surface area contributed by atoms with Crippen LogP contribution in [0, 0.1) is 0 Å². The molecule has 0 aliphatic carbocycles. The molecule has 0 aliphatic rings. The van der Waals surface area contributed by atoms with Crippen molar-refractivity contribution in [3.8, 4) is 0 Å². The Morgan fingerprint density at radius 2 is 1.86 bits per heavy atom. The SMILES string of the molecule is CS(=O)Cc1cccc(C(=O)NCc2ccc(Cl)cc2)c1. The Balaban J connectivity index is 1.99. The average molecular weight is 322 g/mol. The topological polar surface area (TPSA) is 46.2 Å². The summed E-state index contributed by atoms with van der Waals surface area (Å²) in [4.78, 5) is 12.1. The molecule has 0 bridgehead atoms. The molecule has 0 heterocycles. The van der Waals surface area contributed by atoms with Gasteiger partial charge in [0.15, 0.2) is 0 Å². The molecule has 0 saturated carbocycles. The zero-order valence-corrected chi connectivity index (χ0v) is 13.2. The zero-order chi connectivity index (χ0) is 15.2. The van der Waals surface area contributed by atoms with Crippen LogP contribution in [0.2, 0.25) is 5.02 Å². The van der Waals surface area contributed by atoms with Gasteiger partial charge in [-0.15, -0.1) is 0 Å². The summed E-state index contributed by atoms with van der Waals surface area (Å²) in [6.07, 6.45) is 1.65. The summed E-state index contributed by atoms with van der Waals surface area (Å²) in [5, 5.41) is 3.53. The molecular formula is C16H16ClNO2S. The number of rotatable bonds is 5. The smallest absolute Gasteiger partial charge is 0.251 e. The predicted molar refractivity (Wildman–Crippen MR) is 86.8 cm³/mol. The highest BCUT2D eigenvalue weighted by atomic mass is 35.5. The van der Waals surface area contributed by atoms with E-state index in [-0.39, 0.29) is 5.91 Å². The van der Waals surface area contributed by atoms with Crippen molar-refractivity contribution in [3.63, 3.8) is 0 Å². The summed E-state index contributed by atoms with van der Waals surface area (Å²) in [5.41, 5.74) is 2.46. The maximum atomic E-state index is 12.1. The fourth-order valence-electron chi connectivity index (χ4n) is 1.92. The number of halogens is 1. The second-order valence-corrected chi connectivity index (χ2v) is 6.60. The van der Waals surface area contributed by atoms with Crippen molar-refractivity contribution in [1.29, 1.82) is 0 Å². The van der Waals surface area contributed by atoms with Crippen LogP contribution >= 0.6 is 11.6 Å². The van der Waals surface area contributed by atoms with E-state index in [0.717, 1.165) is 11.1 Å².